The van der Waals surface area contributed by atoms with E-state index in [0.717, 1.165) is 12.5 Å². The van der Waals surface area contributed by atoms with Gasteiger partial charge in [0.1, 0.15) is 0 Å². The summed E-state index contributed by atoms with van der Waals surface area (Å²) in [5, 5.41) is 6.23. The molecule has 0 radical (unpaired) electrons. The van der Waals surface area contributed by atoms with Crippen LogP contribution in [0.25, 0.3) is 10.8 Å². The number of fused-ring (bicyclic) bond motifs is 1. The van der Waals surface area contributed by atoms with E-state index in [1.54, 1.807) is 0 Å². The zero-order valence-electron chi connectivity index (χ0n) is 10.9. The second-order valence-electron chi connectivity index (χ2n) is 5.14. The van der Waals surface area contributed by atoms with Crippen molar-refractivity contribution in [1.82, 2.24) is 10.3 Å². The summed E-state index contributed by atoms with van der Waals surface area (Å²) in [7, 11) is 0. The lowest BCUT2D eigenvalue weighted by molar-refractivity contribution is 0.231. The third kappa shape index (κ3) is 2.01. The molecule has 1 saturated carbocycles. The van der Waals surface area contributed by atoms with E-state index < -0.39 is 0 Å². The highest BCUT2D eigenvalue weighted by molar-refractivity contribution is 5.84. The van der Waals surface area contributed by atoms with Gasteiger partial charge in [0.2, 0.25) is 0 Å². The average Bonchev–Trinajstić information content (AvgIpc) is 2.35. The third-order valence-electron chi connectivity index (χ3n) is 4.04. The van der Waals surface area contributed by atoms with Crippen LogP contribution in [0.2, 0.25) is 0 Å². The molecule has 18 heavy (non-hydrogen) atoms. The summed E-state index contributed by atoms with van der Waals surface area (Å²) < 4.78 is 0. The van der Waals surface area contributed by atoms with Crippen LogP contribution in [0, 0.1) is 5.92 Å². The molecular formula is C16H20N2. The van der Waals surface area contributed by atoms with Crippen LogP contribution in [0.4, 0.5) is 0 Å². The van der Waals surface area contributed by atoms with E-state index in [2.05, 4.69) is 47.6 Å². The van der Waals surface area contributed by atoms with Gasteiger partial charge in [-0.2, -0.15) is 0 Å². The van der Waals surface area contributed by atoms with Crippen LogP contribution in [0.3, 0.4) is 0 Å². The molecule has 1 aliphatic rings. The molecule has 2 nitrogen and oxygen atoms in total. The lowest BCUT2D eigenvalue weighted by Gasteiger charge is -2.34. The van der Waals surface area contributed by atoms with Crippen LogP contribution >= 0.6 is 0 Å². The minimum absolute atomic E-state index is 0.426. The van der Waals surface area contributed by atoms with Gasteiger partial charge in [-0.1, -0.05) is 37.6 Å². The van der Waals surface area contributed by atoms with Gasteiger partial charge in [0.25, 0.3) is 0 Å². The van der Waals surface area contributed by atoms with Gasteiger partial charge >= 0.3 is 0 Å². The fourth-order valence-electron chi connectivity index (χ4n) is 2.87. The molecule has 1 aromatic heterocycles. The van der Waals surface area contributed by atoms with Gasteiger partial charge in [-0.25, -0.2) is 0 Å². The second-order valence-corrected chi connectivity index (χ2v) is 5.14. The van der Waals surface area contributed by atoms with Crippen LogP contribution in [0.5, 0.6) is 0 Å². The van der Waals surface area contributed by atoms with Crippen molar-refractivity contribution in [2.75, 3.05) is 6.54 Å². The largest absolute Gasteiger partial charge is 0.309 e. The maximum Gasteiger partial charge on any atom is 0.0654 e. The van der Waals surface area contributed by atoms with Gasteiger partial charge in [0.15, 0.2) is 0 Å². The molecule has 0 amide bonds. The maximum absolute atomic E-state index is 4.67. The maximum atomic E-state index is 4.67. The smallest absolute Gasteiger partial charge is 0.0654 e. The van der Waals surface area contributed by atoms with E-state index in [9.17, 15) is 0 Å². The Balaban J connectivity index is 2.04. The van der Waals surface area contributed by atoms with Crippen LogP contribution in [-0.2, 0) is 0 Å². The fourth-order valence-corrected chi connectivity index (χ4v) is 2.87. The summed E-state index contributed by atoms with van der Waals surface area (Å²) in [6.45, 7) is 3.18. The second kappa shape index (κ2) is 5.07. The quantitative estimate of drug-likeness (QED) is 0.881. The van der Waals surface area contributed by atoms with Gasteiger partial charge in [-0.3, -0.25) is 4.98 Å². The first-order chi connectivity index (χ1) is 8.90. The molecule has 1 unspecified atom stereocenters. The Kier molecular flexibility index (Phi) is 3.28. The molecule has 2 aromatic rings. The van der Waals surface area contributed by atoms with E-state index in [0.29, 0.717) is 6.04 Å². The predicted molar refractivity (Wildman–Crippen MR) is 75.5 cm³/mol. The molecule has 1 heterocycles. The Hall–Kier alpha value is -1.41. The summed E-state index contributed by atoms with van der Waals surface area (Å²) >= 11 is 0. The van der Waals surface area contributed by atoms with E-state index in [1.807, 2.05) is 6.20 Å². The number of nitrogens with one attached hydrogen (secondary N) is 1. The topological polar surface area (TPSA) is 24.9 Å². The predicted octanol–water partition coefficient (Wildman–Crippen LogP) is 3.69. The van der Waals surface area contributed by atoms with Gasteiger partial charge < -0.3 is 5.32 Å². The normalized spacial score (nSPS) is 17.6. The lowest BCUT2D eigenvalue weighted by atomic mass is 9.77. The van der Waals surface area contributed by atoms with Crippen LogP contribution in [0.1, 0.15) is 37.9 Å². The summed E-state index contributed by atoms with van der Waals surface area (Å²) in [4.78, 5) is 4.67. The Morgan fingerprint density at radius 1 is 1.28 bits per heavy atom. The van der Waals surface area contributed by atoms with Gasteiger partial charge in [0.05, 0.1) is 11.7 Å². The number of nitrogens with zero attached hydrogens (tertiary/aromatic N) is 1. The zero-order chi connectivity index (χ0) is 12.4. The number of hydrogen-bond donors (Lipinski definition) is 1. The van der Waals surface area contributed by atoms with Crippen LogP contribution in [0.15, 0.2) is 36.5 Å². The van der Waals surface area contributed by atoms with E-state index in [1.165, 1.54) is 35.7 Å². The zero-order valence-corrected chi connectivity index (χ0v) is 10.9. The average molecular weight is 240 g/mol. The van der Waals surface area contributed by atoms with E-state index in [4.69, 9.17) is 0 Å². The highest BCUT2D eigenvalue weighted by Crippen LogP contribution is 2.38. The Morgan fingerprint density at radius 3 is 2.83 bits per heavy atom. The first-order valence-corrected chi connectivity index (χ1v) is 6.97. The first kappa shape index (κ1) is 11.7. The molecule has 0 saturated heterocycles. The third-order valence-corrected chi connectivity index (χ3v) is 4.04. The number of hydrogen-bond acceptors (Lipinski definition) is 2. The van der Waals surface area contributed by atoms with Crippen molar-refractivity contribution in [3.63, 3.8) is 0 Å². The summed E-state index contributed by atoms with van der Waals surface area (Å²) in [6.07, 6.45) is 5.99. The van der Waals surface area contributed by atoms with Crippen molar-refractivity contribution < 1.29 is 0 Å². The molecule has 1 fully saturated rings. The molecule has 1 aliphatic carbocycles. The SMILES string of the molecule is CCNC(c1nccc2ccccc12)C1CCC1. The van der Waals surface area contributed by atoms with Crippen molar-refractivity contribution in [2.24, 2.45) is 5.92 Å². The van der Waals surface area contributed by atoms with Crippen molar-refractivity contribution >= 4 is 10.8 Å². The van der Waals surface area contributed by atoms with Crippen molar-refractivity contribution in [2.45, 2.75) is 32.2 Å². The van der Waals surface area contributed by atoms with Crippen molar-refractivity contribution in [1.29, 1.82) is 0 Å². The van der Waals surface area contributed by atoms with Crippen molar-refractivity contribution in [3.8, 4) is 0 Å². The van der Waals surface area contributed by atoms with E-state index >= 15 is 0 Å². The molecule has 1 atom stereocenters. The fraction of sp³-hybridized carbons (Fsp3) is 0.438. The monoisotopic (exact) mass is 240 g/mol. The molecule has 2 heteroatoms. The van der Waals surface area contributed by atoms with Gasteiger partial charge in [-0.05, 0) is 36.8 Å². The minimum Gasteiger partial charge on any atom is -0.309 e. The minimum atomic E-state index is 0.426. The standard InChI is InChI=1S/C16H20N2/c1-2-17-15(13-7-5-8-13)16-14-9-4-3-6-12(14)10-11-18-16/h3-4,6,9-11,13,15,17H,2,5,7-8H2,1H3. The summed E-state index contributed by atoms with van der Waals surface area (Å²) in [5.74, 6) is 0.767. The molecule has 0 aliphatic heterocycles. The molecule has 94 valence electrons. The molecule has 3 rings (SSSR count). The number of aromatic nitrogens is 1. The number of rotatable bonds is 4. The Labute approximate surface area is 108 Å². The van der Waals surface area contributed by atoms with Crippen LogP contribution < -0.4 is 5.32 Å². The Morgan fingerprint density at radius 2 is 2.11 bits per heavy atom. The van der Waals surface area contributed by atoms with E-state index in [-0.39, 0.29) is 0 Å². The number of pyridine rings is 1. The first-order valence-electron chi connectivity index (χ1n) is 6.97. The van der Waals surface area contributed by atoms with Gasteiger partial charge in [-0.15, -0.1) is 0 Å². The summed E-state index contributed by atoms with van der Waals surface area (Å²) in [5.41, 5.74) is 1.24. The highest BCUT2D eigenvalue weighted by Gasteiger charge is 2.29. The lowest BCUT2D eigenvalue weighted by Crippen LogP contribution is -2.32. The molecule has 0 bridgehead atoms. The summed E-state index contributed by atoms with van der Waals surface area (Å²) in [6, 6.07) is 11.1. The van der Waals surface area contributed by atoms with Crippen molar-refractivity contribution in [3.05, 3.63) is 42.2 Å². The molecule has 1 aromatic carbocycles. The molecule has 1 N–H and O–H groups in total. The number of benzene rings is 1. The molecule has 0 spiro atoms. The highest BCUT2D eigenvalue weighted by atomic mass is 14.9. The molecular weight excluding hydrogens is 220 g/mol. The van der Waals surface area contributed by atoms with Crippen LogP contribution in [-0.4, -0.2) is 11.5 Å². The Bertz CT molecular complexity index is 526. The van der Waals surface area contributed by atoms with Gasteiger partial charge in [0, 0.05) is 11.6 Å².